The van der Waals surface area contributed by atoms with Crippen LogP contribution < -0.4 is 0 Å². The summed E-state index contributed by atoms with van der Waals surface area (Å²) in [7, 11) is 1.88. The highest BCUT2D eigenvalue weighted by molar-refractivity contribution is 8.13. The molecular formula is C7H13ClO2S. The van der Waals surface area contributed by atoms with Crippen molar-refractivity contribution in [2.24, 2.45) is 11.3 Å². The second-order valence-electron chi connectivity index (χ2n) is 3.70. The van der Waals surface area contributed by atoms with Crippen molar-refractivity contribution < 1.29 is 8.42 Å². The zero-order valence-corrected chi connectivity index (χ0v) is 8.37. The van der Waals surface area contributed by atoms with Crippen LogP contribution in [0, 0.1) is 11.3 Å². The standard InChI is InChI=1S/C7H13ClO2S/c1-6(2)7(3-4-7)5-11(8,9)10/h6H,3-5H2,1-2H3. The molecule has 2 nitrogen and oxygen atoms in total. The number of halogens is 1. The number of hydrogen-bond acceptors (Lipinski definition) is 2. The molecule has 1 fully saturated rings. The molecule has 1 saturated carbocycles. The van der Waals surface area contributed by atoms with Gasteiger partial charge in [0.05, 0.1) is 5.75 Å². The molecule has 0 aliphatic heterocycles. The molecule has 0 unspecified atom stereocenters. The number of rotatable bonds is 3. The summed E-state index contributed by atoms with van der Waals surface area (Å²) in [5.74, 6) is 0.579. The van der Waals surface area contributed by atoms with Gasteiger partial charge in [-0.25, -0.2) is 8.42 Å². The van der Waals surface area contributed by atoms with Gasteiger partial charge in [-0.2, -0.15) is 0 Å². The van der Waals surface area contributed by atoms with Crippen molar-refractivity contribution in [3.63, 3.8) is 0 Å². The first-order valence-electron chi connectivity index (χ1n) is 3.78. The molecule has 66 valence electrons. The predicted molar refractivity (Wildman–Crippen MR) is 46.1 cm³/mol. The van der Waals surface area contributed by atoms with E-state index in [9.17, 15) is 8.42 Å². The molecule has 0 bridgehead atoms. The first kappa shape index (κ1) is 9.33. The molecule has 0 heterocycles. The minimum absolute atomic E-state index is 0.0145. The molecule has 1 aliphatic carbocycles. The predicted octanol–water partition coefficient (Wildman–Crippen LogP) is 1.99. The summed E-state index contributed by atoms with van der Waals surface area (Å²) in [4.78, 5) is 0. The summed E-state index contributed by atoms with van der Waals surface area (Å²) in [5, 5.41) is 0. The molecule has 0 amide bonds. The van der Waals surface area contributed by atoms with Crippen LogP contribution in [0.3, 0.4) is 0 Å². The maximum absolute atomic E-state index is 10.8. The molecule has 0 N–H and O–H groups in total. The average Bonchev–Trinajstić information content (AvgIpc) is 2.43. The largest absolute Gasteiger partial charge is 0.233 e. The maximum atomic E-state index is 10.8. The Kier molecular flexibility index (Phi) is 2.23. The van der Waals surface area contributed by atoms with Gasteiger partial charge in [0.1, 0.15) is 0 Å². The van der Waals surface area contributed by atoms with E-state index in [1.54, 1.807) is 0 Å². The van der Waals surface area contributed by atoms with Gasteiger partial charge in [-0.05, 0) is 24.2 Å². The van der Waals surface area contributed by atoms with Crippen molar-refractivity contribution in [1.82, 2.24) is 0 Å². The van der Waals surface area contributed by atoms with Crippen LogP contribution in [0.1, 0.15) is 26.7 Å². The molecule has 0 saturated heterocycles. The van der Waals surface area contributed by atoms with Crippen LogP contribution in [0.25, 0.3) is 0 Å². The quantitative estimate of drug-likeness (QED) is 0.647. The Hall–Kier alpha value is 0.240. The summed E-state index contributed by atoms with van der Waals surface area (Å²) < 4.78 is 21.5. The second-order valence-corrected chi connectivity index (χ2v) is 6.48. The Morgan fingerprint density at radius 1 is 1.45 bits per heavy atom. The Labute approximate surface area is 72.4 Å². The van der Waals surface area contributed by atoms with Crippen molar-refractivity contribution in [1.29, 1.82) is 0 Å². The Morgan fingerprint density at radius 2 is 1.91 bits per heavy atom. The van der Waals surface area contributed by atoms with Crippen LogP contribution in [0.2, 0.25) is 0 Å². The van der Waals surface area contributed by atoms with Crippen LogP contribution in [-0.4, -0.2) is 14.2 Å². The molecule has 11 heavy (non-hydrogen) atoms. The highest BCUT2D eigenvalue weighted by Gasteiger charge is 2.48. The van der Waals surface area contributed by atoms with E-state index in [1.165, 1.54) is 0 Å². The summed E-state index contributed by atoms with van der Waals surface area (Å²) in [6, 6.07) is 0. The van der Waals surface area contributed by atoms with Crippen LogP contribution in [0.5, 0.6) is 0 Å². The van der Waals surface area contributed by atoms with Crippen LogP contribution in [-0.2, 0) is 9.05 Å². The molecule has 0 aromatic carbocycles. The lowest BCUT2D eigenvalue weighted by atomic mass is 9.95. The smallest absolute Gasteiger partial charge is 0.212 e. The van der Waals surface area contributed by atoms with Crippen molar-refractivity contribution in [3.05, 3.63) is 0 Å². The van der Waals surface area contributed by atoms with E-state index in [0.717, 1.165) is 12.8 Å². The molecule has 0 atom stereocenters. The lowest BCUT2D eigenvalue weighted by Gasteiger charge is -2.16. The van der Waals surface area contributed by atoms with Crippen LogP contribution in [0.4, 0.5) is 0 Å². The van der Waals surface area contributed by atoms with Gasteiger partial charge in [-0.3, -0.25) is 0 Å². The normalized spacial score (nSPS) is 22.2. The zero-order chi connectivity index (χ0) is 8.70. The molecule has 0 radical (unpaired) electrons. The molecule has 1 rings (SSSR count). The van der Waals surface area contributed by atoms with Gasteiger partial charge in [-0.1, -0.05) is 13.8 Å². The van der Waals surface area contributed by atoms with Gasteiger partial charge in [0.2, 0.25) is 9.05 Å². The first-order valence-corrected chi connectivity index (χ1v) is 6.26. The molecule has 0 aromatic rings. The lowest BCUT2D eigenvalue weighted by Crippen LogP contribution is -2.18. The van der Waals surface area contributed by atoms with Gasteiger partial charge in [0.15, 0.2) is 0 Å². The molecule has 1 aliphatic rings. The van der Waals surface area contributed by atoms with Crippen molar-refractivity contribution in [3.8, 4) is 0 Å². The SMILES string of the molecule is CC(C)C1(CS(=O)(=O)Cl)CC1. The summed E-state index contributed by atoms with van der Waals surface area (Å²) in [6.07, 6.45) is 2.02. The molecule has 4 heteroatoms. The van der Waals surface area contributed by atoms with E-state index in [4.69, 9.17) is 10.7 Å². The third-order valence-corrected chi connectivity index (χ3v) is 3.82. The lowest BCUT2D eigenvalue weighted by molar-refractivity contribution is 0.398. The van der Waals surface area contributed by atoms with E-state index in [2.05, 4.69) is 13.8 Å². The monoisotopic (exact) mass is 196 g/mol. The van der Waals surface area contributed by atoms with Gasteiger partial charge in [0.25, 0.3) is 0 Å². The topological polar surface area (TPSA) is 34.1 Å². The Morgan fingerprint density at radius 3 is 2.00 bits per heavy atom. The van der Waals surface area contributed by atoms with Crippen LogP contribution >= 0.6 is 10.7 Å². The van der Waals surface area contributed by atoms with Crippen molar-refractivity contribution in [2.45, 2.75) is 26.7 Å². The fourth-order valence-corrected chi connectivity index (χ4v) is 3.35. The second kappa shape index (κ2) is 2.63. The molecule has 0 spiro atoms. The van der Waals surface area contributed by atoms with E-state index in [1.807, 2.05) is 0 Å². The fraction of sp³-hybridized carbons (Fsp3) is 1.00. The molecule has 0 aromatic heterocycles. The third-order valence-electron chi connectivity index (χ3n) is 2.58. The molecular weight excluding hydrogens is 184 g/mol. The van der Waals surface area contributed by atoms with Crippen LogP contribution in [0.15, 0.2) is 0 Å². The number of hydrogen-bond donors (Lipinski definition) is 0. The minimum atomic E-state index is -3.29. The van der Waals surface area contributed by atoms with E-state index in [0.29, 0.717) is 5.92 Å². The summed E-state index contributed by atoms with van der Waals surface area (Å²) in [5.41, 5.74) is 0.0145. The van der Waals surface area contributed by atoms with E-state index < -0.39 is 9.05 Å². The van der Waals surface area contributed by atoms with Gasteiger partial charge < -0.3 is 0 Å². The fourth-order valence-electron chi connectivity index (χ4n) is 1.39. The summed E-state index contributed by atoms with van der Waals surface area (Å²) >= 11 is 0. The highest BCUT2D eigenvalue weighted by Crippen LogP contribution is 2.53. The zero-order valence-electron chi connectivity index (χ0n) is 6.80. The van der Waals surface area contributed by atoms with Gasteiger partial charge in [-0.15, -0.1) is 0 Å². The van der Waals surface area contributed by atoms with Gasteiger partial charge in [0, 0.05) is 10.7 Å². The minimum Gasteiger partial charge on any atom is -0.212 e. The summed E-state index contributed by atoms with van der Waals surface area (Å²) in [6.45, 7) is 4.10. The van der Waals surface area contributed by atoms with E-state index >= 15 is 0 Å². The Bertz CT molecular complexity index is 239. The third kappa shape index (κ3) is 2.34. The van der Waals surface area contributed by atoms with Crippen molar-refractivity contribution in [2.75, 3.05) is 5.75 Å². The maximum Gasteiger partial charge on any atom is 0.233 e. The average molecular weight is 197 g/mol. The van der Waals surface area contributed by atoms with E-state index in [-0.39, 0.29) is 11.2 Å². The van der Waals surface area contributed by atoms with Crippen molar-refractivity contribution >= 4 is 19.7 Å². The van der Waals surface area contributed by atoms with Gasteiger partial charge >= 0.3 is 0 Å². The highest BCUT2D eigenvalue weighted by atomic mass is 35.7. The Balaban J connectivity index is 2.63. The first-order chi connectivity index (χ1) is 4.86.